The maximum absolute atomic E-state index is 14.8. The van der Waals surface area contributed by atoms with E-state index in [9.17, 15) is 14.0 Å². The Hall–Kier alpha value is -3.60. The zero-order valence-electron chi connectivity index (χ0n) is 24.1. The number of nitrogens with one attached hydrogen (secondary N) is 1. The van der Waals surface area contributed by atoms with E-state index in [1.54, 1.807) is 51.4 Å². The Morgan fingerprint density at radius 1 is 1.20 bits per heavy atom. The van der Waals surface area contributed by atoms with E-state index in [0.717, 1.165) is 23.6 Å². The van der Waals surface area contributed by atoms with Crippen LogP contribution in [0, 0.1) is 5.92 Å². The van der Waals surface area contributed by atoms with E-state index in [2.05, 4.69) is 27.4 Å². The summed E-state index contributed by atoms with van der Waals surface area (Å²) in [5.74, 6) is 1.67. The highest BCUT2D eigenvalue weighted by molar-refractivity contribution is 7.16. The van der Waals surface area contributed by atoms with Crippen molar-refractivity contribution in [2.75, 3.05) is 20.2 Å². The molecule has 1 aliphatic heterocycles. The van der Waals surface area contributed by atoms with Gasteiger partial charge in [-0.25, -0.2) is 14.2 Å². The number of halogens is 1. The second kappa shape index (κ2) is 10.3. The number of aryl methyl sites for hydroxylation is 1. The van der Waals surface area contributed by atoms with Crippen molar-refractivity contribution in [2.45, 2.75) is 64.4 Å². The summed E-state index contributed by atoms with van der Waals surface area (Å²) in [6.07, 6.45) is 0.715. The molecule has 4 heterocycles. The summed E-state index contributed by atoms with van der Waals surface area (Å²) in [6, 6.07) is 7.20. The molecule has 1 saturated heterocycles. The van der Waals surface area contributed by atoms with Crippen LogP contribution < -0.4 is 10.1 Å². The van der Waals surface area contributed by atoms with Crippen molar-refractivity contribution in [1.82, 2.24) is 24.3 Å². The Labute approximate surface area is 242 Å². The number of likely N-dealkylation sites (tertiary alicyclic amines) is 1. The summed E-state index contributed by atoms with van der Waals surface area (Å²) in [4.78, 5) is 33.6. The van der Waals surface area contributed by atoms with Crippen molar-refractivity contribution in [3.05, 3.63) is 35.2 Å². The van der Waals surface area contributed by atoms with Gasteiger partial charge in [-0.15, -0.1) is 11.3 Å². The number of aromatic nitrogens is 3. The molecule has 2 fully saturated rings. The van der Waals surface area contributed by atoms with E-state index in [-0.39, 0.29) is 25.4 Å². The van der Waals surface area contributed by atoms with Crippen LogP contribution in [-0.4, -0.2) is 69.0 Å². The van der Waals surface area contributed by atoms with Gasteiger partial charge in [-0.1, -0.05) is 0 Å². The molecule has 9 nitrogen and oxygen atoms in total. The van der Waals surface area contributed by atoms with E-state index in [1.165, 1.54) is 28.0 Å². The molecule has 2 atom stereocenters. The fraction of sp³-hybridized carbons (Fsp3) is 0.500. The average Bonchev–Trinajstić information content (AvgIpc) is 3.34. The minimum absolute atomic E-state index is 0.0510. The van der Waals surface area contributed by atoms with E-state index >= 15 is 0 Å². The minimum atomic E-state index is -1.27. The molecule has 1 saturated carbocycles. The lowest BCUT2D eigenvalue weighted by Gasteiger charge is -2.35. The van der Waals surface area contributed by atoms with Crippen LogP contribution in [0.25, 0.3) is 32.8 Å². The van der Waals surface area contributed by atoms with Gasteiger partial charge in [0.05, 0.1) is 30.9 Å². The van der Waals surface area contributed by atoms with Crippen LogP contribution in [0.3, 0.4) is 0 Å². The summed E-state index contributed by atoms with van der Waals surface area (Å²) in [5.41, 5.74) is 2.14. The van der Waals surface area contributed by atoms with Crippen molar-refractivity contribution < 1.29 is 23.5 Å². The lowest BCUT2D eigenvalue weighted by atomic mass is 10.0. The van der Waals surface area contributed by atoms with Gasteiger partial charge in [-0.2, -0.15) is 0 Å². The number of carbonyl (C=O) groups excluding carboxylic acids is 2. The van der Waals surface area contributed by atoms with E-state index < -0.39 is 23.9 Å². The maximum atomic E-state index is 14.8. The number of alkyl halides is 1. The number of ether oxygens (including phenoxy) is 2. The molecular weight excluding hydrogens is 545 g/mol. The fourth-order valence-corrected chi connectivity index (χ4v) is 6.59. The summed E-state index contributed by atoms with van der Waals surface area (Å²) in [6.45, 7) is 6.38. The van der Waals surface area contributed by atoms with Crippen molar-refractivity contribution in [3.63, 3.8) is 0 Å². The molecule has 0 radical (unpaired) electrons. The first-order valence-corrected chi connectivity index (χ1v) is 14.9. The van der Waals surface area contributed by atoms with Crippen LogP contribution in [0.2, 0.25) is 0 Å². The van der Waals surface area contributed by atoms with E-state index in [0.29, 0.717) is 22.7 Å². The number of benzene rings is 1. The van der Waals surface area contributed by atoms with Crippen LogP contribution in [0.15, 0.2) is 29.6 Å². The normalized spacial score (nSPS) is 19.6. The van der Waals surface area contributed by atoms with Crippen molar-refractivity contribution in [3.8, 4) is 17.3 Å². The molecular formula is C30H36FN5O4S. The van der Waals surface area contributed by atoms with Gasteiger partial charge in [0.15, 0.2) is 5.82 Å². The average molecular weight is 582 g/mol. The van der Waals surface area contributed by atoms with Gasteiger partial charge in [0, 0.05) is 37.5 Å². The molecule has 0 spiro atoms. The second-order valence-electron chi connectivity index (χ2n) is 12.2. The first-order valence-electron chi connectivity index (χ1n) is 14.0. The van der Waals surface area contributed by atoms with Crippen molar-refractivity contribution in [2.24, 2.45) is 13.0 Å². The number of nitrogens with zero attached hydrogens (tertiary/aromatic N) is 4. The number of methoxy groups -OCH3 is 1. The third-order valence-electron chi connectivity index (χ3n) is 7.68. The number of fused-ring (bicyclic) bond motifs is 2. The SMILES string of the molecule is COc1cc(C(=O)N2C[C@H](F)C[C@@H](NC(=O)OC(C)(C)C)C2)cc2nc(-c3cc4ccsc4n3CC3CC3)n(C)c12. The lowest BCUT2D eigenvalue weighted by molar-refractivity contribution is 0.0394. The lowest BCUT2D eigenvalue weighted by Crippen LogP contribution is -2.54. The van der Waals surface area contributed by atoms with Crippen LogP contribution in [0.1, 0.15) is 50.4 Å². The highest BCUT2D eigenvalue weighted by Crippen LogP contribution is 2.39. The third kappa shape index (κ3) is 5.51. The number of piperidine rings is 1. The van der Waals surface area contributed by atoms with Gasteiger partial charge in [-0.3, -0.25) is 4.79 Å². The largest absolute Gasteiger partial charge is 0.494 e. The van der Waals surface area contributed by atoms with Gasteiger partial charge in [0.2, 0.25) is 0 Å². The monoisotopic (exact) mass is 581 g/mol. The highest BCUT2D eigenvalue weighted by Gasteiger charge is 2.33. The van der Waals surface area contributed by atoms with Gasteiger partial charge in [0.1, 0.15) is 27.9 Å². The topological polar surface area (TPSA) is 90.6 Å². The number of amides is 2. The summed E-state index contributed by atoms with van der Waals surface area (Å²) < 4.78 is 30.2. The predicted octanol–water partition coefficient (Wildman–Crippen LogP) is 5.75. The van der Waals surface area contributed by atoms with Gasteiger partial charge < -0.3 is 28.8 Å². The standard InChI is InChI=1S/C30H36FN5O4S/c1-30(2,3)40-29(38)32-21-13-20(31)15-35(16-21)27(37)19-10-22-25(24(12-19)39-5)34(4)26(33-22)23-11-18-8-9-41-28(18)36(23)14-17-6-7-17/h8-12,17,20-21H,6-7,13-16H2,1-5H3,(H,32,38)/t20-,21-/m1/s1. The predicted molar refractivity (Wildman–Crippen MR) is 157 cm³/mol. The van der Waals surface area contributed by atoms with Crippen molar-refractivity contribution in [1.29, 1.82) is 0 Å². The van der Waals surface area contributed by atoms with Crippen LogP contribution in [-0.2, 0) is 18.3 Å². The summed E-state index contributed by atoms with van der Waals surface area (Å²) in [5, 5.41) is 6.03. The Bertz CT molecular complexity index is 1630. The maximum Gasteiger partial charge on any atom is 0.407 e. The second-order valence-corrected chi connectivity index (χ2v) is 13.1. The Balaban J connectivity index is 1.31. The first-order chi connectivity index (χ1) is 19.5. The molecule has 1 aliphatic carbocycles. The Kier molecular flexibility index (Phi) is 6.96. The Morgan fingerprint density at radius 2 is 1.98 bits per heavy atom. The molecule has 6 rings (SSSR count). The smallest absolute Gasteiger partial charge is 0.407 e. The van der Waals surface area contributed by atoms with Crippen LogP contribution in [0.4, 0.5) is 9.18 Å². The zero-order chi connectivity index (χ0) is 29.1. The summed E-state index contributed by atoms with van der Waals surface area (Å²) in [7, 11) is 3.53. The molecule has 218 valence electrons. The number of thiophene rings is 1. The van der Waals surface area contributed by atoms with Crippen molar-refractivity contribution >= 4 is 44.6 Å². The van der Waals surface area contributed by atoms with Gasteiger partial charge >= 0.3 is 6.09 Å². The van der Waals surface area contributed by atoms with E-state index in [4.69, 9.17) is 14.5 Å². The molecule has 11 heteroatoms. The molecule has 41 heavy (non-hydrogen) atoms. The molecule has 0 bridgehead atoms. The number of hydrogen-bond donors (Lipinski definition) is 1. The molecule has 3 aromatic heterocycles. The Morgan fingerprint density at radius 3 is 2.68 bits per heavy atom. The fourth-order valence-electron chi connectivity index (χ4n) is 5.68. The molecule has 1 aromatic carbocycles. The van der Waals surface area contributed by atoms with Crippen LogP contribution in [0.5, 0.6) is 5.75 Å². The zero-order valence-corrected chi connectivity index (χ0v) is 24.9. The molecule has 4 aromatic rings. The van der Waals surface area contributed by atoms with E-state index in [1.807, 2.05) is 11.6 Å². The third-order valence-corrected chi connectivity index (χ3v) is 8.63. The molecule has 2 aliphatic rings. The molecule has 2 amide bonds. The van der Waals surface area contributed by atoms with Gasteiger partial charge in [0.25, 0.3) is 5.91 Å². The number of hydrogen-bond acceptors (Lipinski definition) is 6. The molecule has 0 unspecified atom stereocenters. The highest BCUT2D eigenvalue weighted by atomic mass is 32.1. The number of carbonyl (C=O) groups is 2. The summed E-state index contributed by atoms with van der Waals surface area (Å²) >= 11 is 1.73. The minimum Gasteiger partial charge on any atom is -0.494 e. The quantitative estimate of drug-likeness (QED) is 0.313. The van der Waals surface area contributed by atoms with Crippen LogP contribution >= 0.6 is 11.3 Å². The number of rotatable bonds is 6. The number of alkyl carbamates (subject to hydrolysis) is 1. The first kappa shape index (κ1) is 27.6. The molecule has 1 N–H and O–H groups in total. The number of imidazole rings is 1. The van der Waals surface area contributed by atoms with Gasteiger partial charge in [-0.05, 0) is 69.2 Å².